The molecule has 1 N–H and O–H groups in total. The Morgan fingerprint density at radius 2 is 1.59 bits per heavy atom. The first-order valence-corrected chi connectivity index (χ1v) is 6.83. The number of hydrogen-bond acceptors (Lipinski definition) is 2. The van der Waals surface area contributed by atoms with Gasteiger partial charge in [-0.3, -0.25) is 0 Å². The Kier molecular flexibility index (Phi) is 2.51. The normalized spacial score (nSPS) is 46.8. The summed E-state index contributed by atoms with van der Waals surface area (Å²) in [5.41, 5.74) is -0.970. The van der Waals surface area contributed by atoms with E-state index in [1.54, 1.807) is 14.0 Å². The molecular weight excluding hydrogens is 216 g/mol. The van der Waals surface area contributed by atoms with Crippen LogP contribution in [0.15, 0.2) is 0 Å². The van der Waals surface area contributed by atoms with Gasteiger partial charge in [-0.25, -0.2) is 4.79 Å². The lowest BCUT2D eigenvalue weighted by Gasteiger charge is -2.57. The number of ether oxygens (including phenoxy) is 1. The first-order valence-electron chi connectivity index (χ1n) is 6.83. The minimum absolute atomic E-state index is 0.234. The summed E-state index contributed by atoms with van der Waals surface area (Å²) in [5.74, 6) is 2.39. The van der Waals surface area contributed by atoms with Crippen LogP contribution >= 0.6 is 0 Å². The molecule has 1 unspecified atom stereocenters. The van der Waals surface area contributed by atoms with Crippen molar-refractivity contribution in [3.63, 3.8) is 0 Å². The molecule has 0 radical (unpaired) electrons. The van der Waals surface area contributed by atoms with Crippen molar-refractivity contribution >= 4 is 5.97 Å². The zero-order valence-corrected chi connectivity index (χ0v) is 10.7. The number of aliphatic carboxylic acids is 1. The third-order valence-corrected chi connectivity index (χ3v) is 5.71. The van der Waals surface area contributed by atoms with Gasteiger partial charge in [0.1, 0.15) is 0 Å². The van der Waals surface area contributed by atoms with Gasteiger partial charge in [0.15, 0.2) is 5.60 Å². The predicted octanol–water partition coefficient (Wildman–Crippen LogP) is 2.55. The molecule has 1 atom stereocenters. The van der Waals surface area contributed by atoms with Crippen molar-refractivity contribution in [3.05, 3.63) is 0 Å². The molecule has 4 saturated carbocycles. The monoisotopic (exact) mass is 238 g/mol. The largest absolute Gasteiger partial charge is 0.479 e. The van der Waals surface area contributed by atoms with Crippen LogP contribution in [0, 0.1) is 29.6 Å². The van der Waals surface area contributed by atoms with Crippen molar-refractivity contribution in [2.75, 3.05) is 7.11 Å². The topological polar surface area (TPSA) is 46.5 Å². The summed E-state index contributed by atoms with van der Waals surface area (Å²) in [4.78, 5) is 11.6. The van der Waals surface area contributed by atoms with Crippen molar-refractivity contribution in [2.45, 2.75) is 44.6 Å². The number of carbonyl (C=O) groups is 1. The Balaban J connectivity index is 1.91. The van der Waals surface area contributed by atoms with E-state index in [0.29, 0.717) is 11.8 Å². The second kappa shape index (κ2) is 3.71. The van der Waals surface area contributed by atoms with Crippen molar-refractivity contribution in [1.29, 1.82) is 0 Å². The highest BCUT2D eigenvalue weighted by molar-refractivity contribution is 5.77. The van der Waals surface area contributed by atoms with Crippen LogP contribution in [0.25, 0.3) is 0 Å². The molecule has 0 amide bonds. The van der Waals surface area contributed by atoms with E-state index in [1.165, 1.54) is 32.1 Å². The zero-order valence-electron chi connectivity index (χ0n) is 10.7. The van der Waals surface area contributed by atoms with Crippen molar-refractivity contribution in [2.24, 2.45) is 29.6 Å². The smallest absolute Gasteiger partial charge is 0.335 e. The fourth-order valence-corrected chi connectivity index (χ4v) is 5.19. The van der Waals surface area contributed by atoms with E-state index >= 15 is 0 Å². The molecule has 0 aromatic carbocycles. The second-order valence-electron chi connectivity index (χ2n) is 6.57. The van der Waals surface area contributed by atoms with Crippen LogP contribution in [0.1, 0.15) is 39.0 Å². The maximum Gasteiger partial charge on any atom is 0.335 e. The number of methoxy groups -OCH3 is 1. The minimum Gasteiger partial charge on any atom is -0.479 e. The third-order valence-electron chi connectivity index (χ3n) is 5.71. The van der Waals surface area contributed by atoms with Crippen molar-refractivity contribution < 1.29 is 14.6 Å². The summed E-state index contributed by atoms with van der Waals surface area (Å²) in [6.07, 6.45) is 6.36. The van der Waals surface area contributed by atoms with Gasteiger partial charge in [-0.15, -0.1) is 0 Å². The molecule has 17 heavy (non-hydrogen) atoms. The molecule has 3 nitrogen and oxygen atoms in total. The molecular formula is C14H22O3. The van der Waals surface area contributed by atoms with Crippen LogP contribution in [0.2, 0.25) is 0 Å². The van der Waals surface area contributed by atoms with E-state index in [0.717, 1.165) is 11.8 Å². The molecule has 4 bridgehead atoms. The molecule has 4 rings (SSSR count). The lowest BCUT2D eigenvalue weighted by atomic mass is 9.49. The van der Waals surface area contributed by atoms with Crippen LogP contribution in [0.5, 0.6) is 0 Å². The molecule has 96 valence electrons. The second-order valence-corrected chi connectivity index (χ2v) is 6.57. The fraction of sp³-hybridized carbons (Fsp3) is 0.929. The van der Waals surface area contributed by atoms with Gasteiger partial charge in [0, 0.05) is 13.0 Å². The average Bonchev–Trinajstić information content (AvgIpc) is 2.26. The van der Waals surface area contributed by atoms with Gasteiger partial charge in [0.25, 0.3) is 0 Å². The SMILES string of the molecule is COC(C)(C(=O)O)C1C2CC3CC(C2)CC1C3. The highest BCUT2D eigenvalue weighted by Crippen LogP contribution is 2.59. The molecule has 0 heterocycles. The number of rotatable bonds is 3. The summed E-state index contributed by atoms with van der Waals surface area (Å²) in [7, 11) is 1.55. The highest BCUT2D eigenvalue weighted by Gasteiger charge is 2.57. The minimum atomic E-state index is -0.970. The number of carboxylic acid groups (broad SMARTS) is 1. The van der Waals surface area contributed by atoms with Crippen LogP contribution in [0.3, 0.4) is 0 Å². The first-order chi connectivity index (χ1) is 8.04. The van der Waals surface area contributed by atoms with Crippen LogP contribution in [-0.2, 0) is 9.53 Å². The van der Waals surface area contributed by atoms with Gasteiger partial charge in [-0.2, -0.15) is 0 Å². The van der Waals surface area contributed by atoms with Gasteiger partial charge in [0.2, 0.25) is 0 Å². The van der Waals surface area contributed by atoms with E-state index in [4.69, 9.17) is 4.74 Å². The van der Waals surface area contributed by atoms with Crippen molar-refractivity contribution in [3.8, 4) is 0 Å². The summed E-state index contributed by atoms with van der Waals surface area (Å²) in [6.45, 7) is 1.78. The van der Waals surface area contributed by atoms with Crippen LogP contribution < -0.4 is 0 Å². The van der Waals surface area contributed by atoms with Crippen LogP contribution in [0.4, 0.5) is 0 Å². The quantitative estimate of drug-likeness (QED) is 0.822. The molecule has 0 spiro atoms. The Hall–Kier alpha value is -0.570. The number of carboxylic acids is 1. The lowest BCUT2D eigenvalue weighted by molar-refractivity contribution is -0.189. The molecule has 0 aliphatic heterocycles. The molecule has 4 aliphatic rings. The summed E-state index contributed by atoms with van der Waals surface area (Å²) < 4.78 is 5.43. The van der Waals surface area contributed by atoms with Gasteiger partial charge in [-0.05, 0) is 62.7 Å². The lowest BCUT2D eigenvalue weighted by Crippen LogP contribution is -2.57. The third kappa shape index (κ3) is 1.55. The Morgan fingerprint density at radius 1 is 1.12 bits per heavy atom. The molecule has 0 saturated heterocycles. The van der Waals surface area contributed by atoms with Gasteiger partial charge >= 0.3 is 5.97 Å². The van der Waals surface area contributed by atoms with Crippen molar-refractivity contribution in [1.82, 2.24) is 0 Å². The van der Waals surface area contributed by atoms with Gasteiger partial charge < -0.3 is 9.84 Å². The van der Waals surface area contributed by atoms with Gasteiger partial charge in [-0.1, -0.05) is 0 Å². The Morgan fingerprint density at radius 3 is 1.94 bits per heavy atom. The number of hydrogen-bond donors (Lipinski definition) is 1. The summed E-state index contributed by atoms with van der Waals surface area (Å²) in [6, 6.07) is 0. The highest BCUT2D eigenvalue weighted by atomic mass is 16.5. The first kappa shape index (κ1) is 11.5. The average molecular weight is 238 g/mol. The zero-order chi connectivity index (χ0) is 12.2. The van der Waals surface area contributed by atoms with E-state index < -0.39 is 11.6 Å². The standard InChI is InChI=1S/C14H22O3/c1-14(17-2,13(15)16)12-10-4-8-3-9(6-10)7-11(12)5-8/h8-12H,3-7H2,1-2H3,(H,15,16). The van der Waals surface area contributed by atoms with Gasteiger partial charge in [0.05, 0.1) is 0 Å². The van der Waals surface area contributed by atoms with E-state index in [1.807, 2.05) is 0 Å². The van der Waals surface area contributed by atoms with Crippen LogP contribution in [-0.4, -0.2) is 23.8 Å². The molecule has 0 aromatic rings. The maximum atomic E-state index is 11.6. The predicted molar refractivity (Wildman–Crippen MR) is 63.6 cm³/mol. The molecule has 0 aromatic heterocycles. The fourth-order valence-electron chi connectivity index (χ4n) is 5.19. The van der Waals surface area contributed by atoms with E-state index in [2.05, 4.69) is 0 Å². The maximum absolute atomic E-state index is 11.6. The Bertz CT molecular complexity index is 310. The molecule has 3 heteroatoms. The van der Waals surface area contributed by atoms with E-state index in [-0.39, 0.29) is 5.92 Å². The molecule has 4 fully saturated rings. The van der Waals surface area contributed by atoms with E-state index in [9.17, 15) is 9.90 Å². The summed E-state index contributed by atoms with van der Waals surface area (Å²) in [5, 5.41) is 9.49. The molecule has 4 aliphatic carbocycles. The Labute approximate surface area is 103 Å². The summed E-state index contributed by atoms with van der Waals surface area (Å²) >= 11 is 0.